The van der Waals surface area contributed by atoms with E-state index in [1.807, 2.05) is 13.0 Å². The van der Waals surface area contributed by atoms with Crippen LogP contribution in [0.2, 0.25) is 5.02 Å². The topological polar surface area (TPSA) is 66.5 Å². The first-order chi connectivity index (χ1) is 12.8. The summed E-state index contributed by atoms with van der Waals surface area (Å²) in [6.45, 7) is 2.23. The highest BCUT2D eigenvalue weighted by Gasteiger charge is 2.37. The number of carbonyl (C=O) groups excluding carboxylic acids is 1. The maximum atomic E-state index is 13.1. The van der Waals surface area contributed by atoms with E-state index in [-0.39, 0.29) is 10.8 Å². The number of carbonyl (C=O) groups is 1. The predicted octanol–water partition coefficient (Wildman–Crippen LogP) is 4.59. The van der Waals surface area contributed by atoms with Gasteiger partial charge in [-0.2, -0.15) is 4.31 Å². The van der Waals surface area contributed by atoms with E-state index >= 15 is 0 Å². The van der Waals surface area contributed by atoms with Gasteiger partial charge in [0.05, 0.1) is 15.6 Å². The Morgan fingerprint density at radius 3 is 2.56 bits per heavy atom. The van der Waals surface area contributed by atoms with Gasteiger partial charge in [-0.25, -0.2) is 8.42 Å². The molecule has 1 fully saturated rings. The number of nitrogens with zero attached hydrogens (tertiary/aromatic N) is 1. The van der Waals surface area contributed by atoms with Crippen LogP contribution in [0.4, 0.5) is 5.69 Å². The maximum absolute atomic E-state index is 13.1. The van der Waals surface area contributed by atoms with Gasteiger partial charge in [-0.1, -0.05) is 40.0 Å². The van der Waals surface area contributed by atoms with Gasteiger partial charge >= 0.3 is 0 Å². The van der Waals surface area contributed by atoms with Gasteiger partial charge < -0.3 is 5.32 Å². The van der Waals surface area contributed by atoms with Gasteiger partial charge in [-0.3, -0.25) is 4.79 Å². The Hall–Kier alpha value is -1.41. The minimum Gasteiger partial charge on any atom is -0.323 e. The molecule has 0 aliphatic carbocycles. The first-order valence-electron chi connectivity index (χ1n) is 8.63. The fraction of sp³-hybridized carbons (Fsp3) is 0.316. The molecule has 1 amide bonds. The van der Waals surface area contributed by atoms with Crippen molar-refractivity contribution in [2.75, 3.05) is 11.9 Å². The predicted molar refractivity (Wildman–Crippen MR) is 110 cm³/mol. The lowest BCUT2D eigenvalue weighted by Crippen LogP contribution is -2.49. The number of hydrogen-bond donors (Lipinski definition) is 1. The fourth-order valence-corrected chi connectivity index (χ4v) is 5.34. The summed E-state index contributed by atoms with van der Waals surface area (Å²) in [4.78, 5) is 13.0. The molecule has 1 aliphatic rings. The molecule has 0 unspecified atom stereocenters. The molecule has 0 aromatic heterocycles. The summed E-state index contributed by atoms with van der Waals surface area (Å²) in [5.74, 6) is -0.360. The standard InChI is InChI=1S/C19H20BrClN2O3S/c1-13-5-10-17(16(21)12-13)22-19(24)18-4-2-3-11-23(18)27(25,26)15-8-6-14(20)7-9-15/h5-10,12,18H,2-4,11H2,1H3,(H,22,24)/t18-/m1/s1. The van der Waals surface area contributed by atoms with E-state index in [0.717, 1.165) is 22.9 Å². The molecule has 1 N–H and O–H groups in total. The summed E-state index contributed by atoms with van der Waals surface area (Å²) in [5, 5.41) is 3.22. The number of amides is 1. The number of halogens is 2. The Bertz CT molecular complexity index is 948. The van der Waals surface area contributed by atoms with Crippen LogP contribution in [0.5, 0.6) is 0 Å². The molecule has 0 spiro atoms. The van der Waals surface area contributed by atoms with Gasteiger partial charge in [-0.15, -0.1) is 0 Å². The Kier molecular flexibility index (Phi) is 6.25. The van der Waals surface area contributed by atoms with E-state index in [4.69, 9.17) is 11.6 Å². The lowest BCUT2D eigenvalue weighted by Gasteiger charge is -2.33. The summed E-state index contributed by atoms with van der Waals surface area (Å²) < 4.78 is 28.3. The number of sulfonamides is 1. The Morgan fingerprint density at radius 2 is 1.89 bits per heavy atom. The molecule has 8 heteroatoms. The van der Waals surface area contributed by atoms with Gasteiger partial charge in [0, 0.05) is 11.0 Å². The zero-order valence-electron chi connectivity index (χ0n) is 14.8. The third-order valence-corrected chi connectivity index (χ3v) is 7.32. The SMILES string of the molecule is Cc1ccc(NC(=O)[C@H]2CCCCN2S(=O)(=O)c2ccc(Br)cc2)c(Cl)c1. The van der Waals surface area contributed by atoms with Crippen LogP contribution < -0.4 is 5.32 Å². The second kappa shape index (κ2) is 8.31. The number of rotatable bonds is 4. The van der Waals surface area contributed by atoms with Crippen LogP contribution in [0.3, 0.4) is 0 Å². The van der Waals surface area contributed by atoms with Gasteiger partial charge in [0.2, 0.25) is 15.9 Å². The average molecular weight is 472 g/mol. The monoisotopic (exact) mass is 470 g/mol. The number of anilines is 1. The molecular weight excluding hydrogens is 452 g/mol. The molecule has 1 atom stereocenters. The zero-order valence-corrected chi connectivity index (χ0v) is 17.9. The number of benzene rings is 2. The molecular formula is C19H20BrClN2O3S. The third kappa shape index (κ3) is 4.54. The highest BCUT2D eigenvalue weighted by molar-refractivity contribution is 9.10. The second-order valence-corrected chi connectivity index (χ2v) is 9.77. The van der Waals surface area contributed by atoms with Crippen molar-refractivity contribution in [3.63, 3.8) is 0 Å². The van der Waals surface area contributed by atoms with Crippen molar-refractivity contribution < 1.29 is 13.2 Å². The number of hydrogen-bond acceptors (Lipinski definition) is 3. The first-order valence-corrected chi connectivity index (χ1v) is 11.2. The van der Waals surface area contributed by atoms with Gasteiger partial charge in [0.25, 0.3) is 0 Å². The van der Waals surface area contributed by atoms with Gasteiger partial charge in [0.1, 0.15) is 6.04 Å². The van der Waals surface area contributed by atoms with Crippen LogP contribution >= 0.6 is 27.5 Å². The molecule has 27 heavy (non-hydrogen) atoms. The van der Waals surface area contributed by atoms with Crippen molar-refractivity contribution in [1.29, 1.82) is 0 Å². The number of nitrogens with one attached hydrogen (secondary N) is 1. The molecule has 0 bridgehead atoms. The molecule has 5 nitrogen and oxygen atoms in total. The van der Waals surface area contributed by atoms with E-state index in [0.29, 0.717) is 23.7 Å². The molecule has 2 aromatic carbocycles. The van der Waals surface area contributed by atoms with Crippen LogP contribution in [0.1, 0.15) is 24.8 Å². The lowest BCUT2D eigenvalue weighted by molar-refractivity contribution is -0.120. The average Bonchev–Trinajstić information content (AvgIpc) is 2.64. The van der Waals surface area contributed by atoms with E-state index in [2.05, 4.69) is 21.2 Å². The molecule has 2 aromatic rings. The van der Waals surface area contributed by atoms with Crippen molar-refractivity contribution in [2.24, 2.45) is 0 Å². The fourth-order valence-electron chi connectivity index (χ4n) is 3.13. The molecule has 144 valence electrons. The quantitative estimate of drug-likeness (QED) is 0.709. The Morgan fingerprint density at radius 1 is 1.19 bits per heavy atom. The van der Waals surface area contributed by atoms with Crippen LogP contribution in [0, 0.1) is 6.92 Å². The molecule has 1 aliphatic heterocycles. The number of piperidine rings is 1. The normalized spacial score (nSPS) is 18.3. The highest BCUT2D eigenvalue weighted by atomic mass is 79.9. The van der Waals surface area contributed by atoms with E-state index in [9.17, 15) is 13.2 Å². The molecule has 0 radical (unpaired) electrons. The molecule has 1 heterocycles. The minimum absolute atomic E-state index is 0.179. The summed E-state index contributed by atoms with van der Waals surface area (Å²) >= 11 is 9.51. The largest absolute Gasteiger partial charge is 0.323 e. The summed E-state index contributed by atoms with van der Waals surface area (Å²) in [5.41, 5.74) is 1.47. The van der Waals surface area contributed by atoms with E-state index in [1.54, 1.807) is 36.4 Å². The van der Waals surface area contributed by atoms with Crippen LogP contribution in [-0.2, 0) is 14.8 Å². The highest BCUT2D eigenvalue weighted by Crippen LogP contribution is 2.28. The zero-order chi connectivity index (χ0) is 19.6. The van der Waals surface area contributed by atoms with Crippen molar-refractivity contribution >= 4 is 49.1 Å². The Labute approximate surface area is 172 Å². The summed E-state index contributed by atoms with van der Waals surface area (Å²) in [6, 6.07) is 11.0. The molecule has 1 saturated heterocycles. The van der Waals surface area contributed by atoms with E-state index < -0.39 is 16.1 Å². The van der Waals surface area contributed by atoms with Crippen molar-refractivity contribution in [1.82, 2.24) is 4.31 Å². The van der Waals surface area contributed by atoms with Crippen LogP contribution in [-0.4, -0.2) is 31.2 Å². The molecule has 3 rings (SSSR count). The smallest absolute Gasteiger partial charge is 0.243 e. The van der Waals surface area contributed by atoms with E-state index in [1.165, 1.54) is 4.31 Å². The maximum Gasteiger partial charge on any atom is 0.243 e. The second-order valence-electron chi connectivity index (χ2n) is 6.55. The summed E-state index contributed by atoms with van der Waals surface area (Å²) in [6.07, 6.45) is 2.00. The van der Waals surface area contributed by atoms with Crippen LogP contribution in [0.25, 0.3) is 0 Å². The van der Waals surface area contributed by atoms with Gasteiger partial charge in [-0.05, 0) is 61.7 Å². The van der Waals surface area contributed by atoms with Gasteiger partial charge in [0.15, 0.2) is 0 Å². The van der Waals surface area contributed by atoms with Crippen LogP contribution in [0.15, 0.2) is 51.8 Å². The van der Waals surface area contributed by atoms with Crippen molar-refractivity contribution in [2.45, 2.75) is 37.1 Å². The third-order valence-electron chi connectivity index (χ3n) is 4.56. The van der Waals surface area contributed by atoms with Crippen molar-refractivity contribution in [3.05, 3.63) is 57.5 Å². The van der Waals surface area contributed by atoms with Crippen molar-refractivity contribution in [3.8, 4) is 0 Å². The number of aryl methyl sites for hydroxylation is 1. The minimum atomic E-state index is -3.76. The lowest BCUT2D eigenvalue weighted by atomic mass is 10.0. The molecule has 0 saturated carbocycles. The Balaban J connectivity index is 1.86. The first kappa shape index (κ1) is 20.3. The summed E-state index contributed by atoms with van der Waals surface area (Å²) in [7, 11) is -3.76.